The summed E-state index contributed by atoms with van der Waals surface area (Å²) in [4.78, 5) is 14.5. The molecule has 0 aliphatic carbocycles. The second-order valence-electron chi connectivity index (χ2n) is 8.25. The SMILES string of the molecule is CC[NH+]1CC[C@@](O)(/C=C/c2cccc(C)c2)[C@H](C(=O)/C=C/c2cccc(C)c2)C1.[Cl-]. The van der Waals surface area contributed by atoms with Gasteiger partial charge in [-0.25, -0.2) is 0 Å². The second kappa shape index (κ2) is 10.7. The number of piperidine rings is 1. The van der Waals surface area contributed by atoms with Crippen LogP contribution in [0, 0.1) is 19.8 Å². The van der Waals surface area contributed by atoms with Crippen LogP contribution in [-0.2, 0) is 4.79 Å². The standard InChI is InChI=1S/C26H31NO2.ClH/c1-4-27-16-15-26(29,14-13-23-10-6-8-21(3)18-23)24(19-27)25(28)12-11-22-9-5-7-20(2)17-22;/h5-14,17-18,24,29H,4,15-16,19H2,1-3H3;1H/b12-11+,14-13+;/t24-,26-;/m0./s1. The molecule has 2 aromatic carbocycles. The van der Waals surface area contributed by atoms with Crippen molar-refractivity contribution in [2.24, 2.45) is 5.92 Å². The van der Waals surface area contributed by atoms with E-state index in [0.717, 1.165) is 29.8 Å². The van der Waals surface area contributed by atoms with Gasteiger partial charge in [-0.05, 0) is 38.0 Å². The summed E-state index contributed by atoms with van der Waals surface area (Å²) >= 11 is 0. The number of aliphatic hydroxyl groups is 1. The monoisotopic (exact) mass is 425 g/mol. The van der Waals surface area contributed by atoms with E-state index < -0.39 is 11.5 Å². The van der Waals surface area contributed by atoms with Gasteiger partial charge in [0.05, 0.1) is 19.6 Å². The molecule has 1 aliphatic heterocycles. The first-order valence-electron chi connectivity index (χ1n) is 10.5. The Morgan fingerprint density at radius 2 is 1.70 bits per heavy atom. The van der Waals surface area contributed by atoms with Gasteiger partial charge in [-0.2, -0.15) is 0 Å². The topological polar surface area (TPSA) is 41.7 Å². The Labute approximate surface area is 186 Å². The van der Waals surface area contributed by atoms with Gasteiger partial charge in [0.1, 0.15) is 11.5 Å². The molecule has 0 spiro atoms. The lowest BCUT2D eigenvalue weighted by Gasteiger charge is -2.39. The van der Waals surface area contributed by atoms with E-state index in [-0.39, 0.29) is 18.2 Å². The smallest absolute Gasteiger partial charge is 0.167 e. The van der Waals surface area contributed by atoms with Crippen molar-refractivity contribution >= 4 is 17.9 Å². The highest BCUT2D eigenvalue weighted by Crippen LogP contribution is 2.27. The van der Waals surface area contributed by atoms with Crippen LogP contribution in [0.5, 0.6) is 0 Å². The molecule has 0 radical (unpaired) electrons. The lowest BCUT2D eigenvalue weighted by Crippen LogP contribution is -3.14. The normalized spacial score (nSPS) is 24.1. The molecular weight excluding hydrogens is 394 g/mol. The summed E-state index contributed by atoms with van der Waals surface area (Å²) in [6.45, 7) is 8.71. The number of quaternary nitrogens is 1. The average Bonchev–Trinajstić information content (AvgIpc) is 2.71. The summed E-state index contributed by atoms with van der Waals surface area (Å²) < 4.78 is 0. The molecule has 0 saturated carbocycles. The first-order valence-corrected chi connectivity index (χ1v) is 10.5. The molecule has 30 heavy (non-hydrogen) atoms. The molecule has 160 valence electrons. The average molecular weight is 426 g/mol. The molecule has 1 aliphatic rings. The fraction of sp³-hybridized carbons (Fsp3) is 0.346. The number of hydrogen-bond acceptors (Lipinski definition) is 2. The van der Waals surface area contributed by atoms with E-state index in [1.165, 1.54) is 10.5 Å². The van der Waals surface area contributed by atoms with E-state index in [4.69, 9.17) is 0 Å². The number of hydrogen-bond donors (Lipinski definition) is 2. The molecule has 3 atom stereocenters. The Morgan fingerprint density at radius 1 is 1.10 bits per heavy atom. The van der Waals surface area contributed by atoms with Crippen molar-refractivity contribution in [1.82, 2.24) is 0 Å². The van der Waals surface area contributed by atoms with Crippen LogP contribution >= 0.6 is 0 Å². The zero-order valence-electron chi connectivity index (χ0n) is 18.1. The number of ketones is 1. The molecule has 2 N–H and O–H groups in total. The molecule has 2 aromatic rings. The zero-order valence-corrected chi connectivity index (χ0v) is 18.8. The van der Waals surface area contributed by atoms with Crippen molar-refractivity contribution in [3.8, 4) is 0 Å². The minimum absolute atomic E-state index is 0. The Morgan fingerprint density at radius 3 is 2.27 bits per heavy atom. The predicted octanol–water partition coefficient (Wildman–Crippen LogP) is 0.259. The molecule has 1 unspecified atom stereocenters. The number of rotatable bonds is 6. The lowest BCUT2D eigenvalue weighted by atomic mass is 9.77. The van der Waals surface area contributed by atoms with Gasteiger partial charge in [0.15, 0.2) is 5.78 Å². The van der Waals surface area contributed by atoms with Crippen LogP contribution < -0.4 is 17.3 Å². The Balaban J connectivity index is 0.00000320. The van der Waals surface area contributed by atoms with Gasteiger partial charge in [0.2, 0.25) is 0 Å². The number of carbonyl (C=O) groups excluding carboxylic acids is 1. The summed E-state index contributed by atoms with van der Waals surface area (Å²) in [5.74, 6) is -0.443. The van der Waals surface area contributed by atoms with Gasteiger partial charge in [-0.1, -0.05) is 77.9 Å². The number of allylic oxidation sites excluding steroid dienone is 1. The van der Waals surface area contributed by atoms with E-state index in [1.807, 2.05) is 55.5 Å². The maximum Gasteiger partial charge on any atom is 0.167 e. The van der Waals surface area contributed by atoms with Crippen LogP contribution in [-0.4, -0.2) is 36.1 Å². The van der Waals surface area contributed by atoms with E-state index in [2.05, 4.69) is 32.0 Å². The van der Waals surface area contributed by atoms with Crippen molar-refractivity contribution in [1.29, 1.82) is 0 Å². The van der Waals surface area contributed by atoms with Gasteiger partial charge in [0, 0.05) is 6.42 Å². The van der Waals surface area contributed by atoms with Crippen molar-refractivity contribution < 1.29 is 27.2 Å². The molecule has 3 rings (SSSR count). The number of nitrogens with one attached hydrogen (secondary N) is 1. The van der Waals surface area contributed by atoms with E-state index in [1.54, 1.807) is 6.08 Å². The minimum atomic E-state index is -1.11. The molecule has 1 heterocycles. The van der Waals surface area contributed by atoms with Gasteiger partial charge in [-0.15, -0.1) is 0 Å². The molecule has 4 heteroatoms. The number of likely N-dealkylation sites (tertiary alicyclic amines) is 1. The van der Waals surface area contributed by atoms with Gasteiger partial charge < -0.3 is 22.4 Å². The minimum Gasteiger partial charge on any atom is -1.00 e. The van der Waals surface area contributed by atoms with Gasteiger partial charge in [-0.3, -0.25) is 4.79 Å². The van der Waals surface area contributed by atoms with E-state index in [0.29, 0.717) is 13.0 Å². The Kier molecular flexibility index (Phi) is 8.60. The molecule has 3 nitrogen and oxygen atoms in total. The number of halogens is 1. The lowest BCUT2D eigenvalue weighted by molar-refractivity contribution is -0.908. The number of carbonyl (C=O) groups is 1. The molecule has 0 amide bonds. The Bertz CT molecular complexity index is 921. The molecule has 0 bridgehead atoms. The Hall–Kier alpha value is -2.20. The fourth-order valence-electron chi connectivity index (χ4n) is 4.07. The highest BCUT2D eigenvalue weighted by molar-refractivity contribution is 5.96. The summed E-state index contributed by atoms with van der Waals surface area (Å²) in [5, 5.41) is 11.4. The molecule has 0 aromatic heterocycles. The van der Waals surface area contributed by atoms with Crippen LogP contribution in [0.4, 0.5) is 0 Å². The first-order chi connectivity index (χ1) is 13.9. The van der Waals surface area contributed by atoms with E-state index >= 15 is 0 Å². The molecular formula is C26H32ClNO2. The van der Waals surface area contributed by atoms with Crippen molar-refractivity contribution in [3.05, 3.63) is 82.9 Å². The maximum absolute atomic E-state index is 13.1. The second-order valence-corrected chi connectivity index (χ2v) is 8.25. The summed E-state index contributed by atoms with van der Waals surface area (Å²) in [7, 11) is 0. The first kappa shape index (κ1) is 24.1. The summed E-state index contributed by atoms with van der Waals surface area (Å²) in [6, 6.07) is 16.2. The van der Waals surface area contributed by atoms with Crippen LogP contribution in [0.15, 0.2) is 60.7 Å². The zero-order chi connectivity index (χ0) is 20.9. The van der Waals surface area contributed by atoms with Gasteiger partial charge >= 0.3 is 0 Å². The van der Waals surface area contributed by atoms with Crippen LogP contribution in [0.25, 0.3) is 12.2 Å². The third-order valence-corrected chi connectivity index (χ3v) is 5.91. The largest absolute Gasteiger partial charge is 1.00 e. The highest BCUT2D eigenvalue weighted by atomic mass is 35.5. The van der Waals surface area contributed by atoms with Crippen molar-refractivity contribution in [3.63, 3.8) is 0 Å². The quantitative estimate of drug-likeness (QED) is 0.652. The third kappa shape index (κ3) is 6.15. The van der Waals surface area contributed by atoms with Crippen molar-refractivity contribution in [2.75, 3.05) is 19.6 Å². The third-order valence-electron chi connectivity index (χ3n) is 5.91. The number of benzene rings is 2. The molecule has 1 saturated heterocycles. The summed E-state index contributed by atoms with van der Waals surface area (Å²) in [5.41, 5.74) is 3.28. The van der Waals surface area contributed by atoms with Crippen LogP contribution in [0.3, 0.4) is 0 Å². The number of aryl methyl sites for hydroxylation is 2. The van der Waals surface area contributed by atoms with Gasteiger partial charge in [0.25, 0.3) is 0 Å². The van der Waals surface area contributed by atoms with Crippen molar-refractivity contribution in [2.45, 2.75) is 32.8 Å². The maximum atomic E-state index is 13.1. The van der Waals surface area contributed by atoms with Crippen LogP contribution in [0.1, 0.15) is 35.6 Å². The van der Waals surface area contributed by atoms with Crippen LogP contribution in [0.2, 0.25) is 0 Å². The predicted molar refractivity (Wildman–Crippen MR) is 120 cm³/mol. The summed E-state index contributed by atoms with van der Waals surface area (Å²) in [6.07, 6.45) is 7.89. The highest BCUT2D eigenvalue weighted by Gasteiger charge is 2.44. The molecule has 1 fully saturated rings. The fourth-order valence-corrected chi connectivity index (χ4v) is 4.07. The van der Waals surface area contributed by atoms with E-state index in [9.17, 15) is 9.90 Å².